The van der Waals surface area contributed by atoms with Crippen molar-refractivity contribution in [2.24, 2.45) is 0 Å². The summed E-state index contributed by atoms with van der Waals surface area (Å²) in [5, 5.41) is 0. The second-order valence-corrected chi connectivity index (χ2v) is 1.00. The van der Waals surface area contributed by atoms with Crippen molar-refractivity contribution in [1.29, 1.82) is 0 Å². The Bertz CT molecular complexity index is 66.6. The molecule has 0 saturated carbocycles. The summed E-state index contributed by atoms with van der Waals surface area (Å²) in [6.07, 6.45) is 10.0. The Labute approximate surface area is 65.9 Å². The van der Waals surface area contributed by atoms with E-state index in [1.54, 1.807) is 0 Å². The molecule has 0 heterocycles. The van der Waals surface area contributed by atoms with E-state index in [1.165, 1.54) is 0 Å². The van der Waals surface area contributed by atoms with Gasteiger partial charge in [-0.1, -0.05) is 0 Å². The Morgan fingerprint density at radius 1 is 1.57 bits per heavy atom. The van der Waals surface area contributed by atoms with E-state index in [0.717, 1.165) is 6.42 Å². The molecule has 0 N–H and O–H groups in total. The molecule has 7 heavy (non-hydrogen) atoms. The predicted molar refractivity (Wildman–Crippen MR) is 29.1 cm³/mol. The van der Waals surface area contributed by atoms with Crippen LogP contribution in [0.5, 0.6) is 0 Å². The second-order valence-electron chi connectivity index (χ2n) is 1.00. The summed E-state index contributed by atoms with van der Waals surface area (Å²) in [4.78, 5) is 0. The smallest absolute Gasteiger partial charge is 1.00 e. The Morgan fingerprint density at radius 3 is 2.43 bits per heavy atom. The van der Waals surface area contributed by atoms with E-state index >= 15 is 0 Å². The van der Waals surface area contributed by atoms with Crippen molar-refractivity contribution in [2.45, 2.75) is 6.42 Å². The molecule has 0 fully saturated rings. The summed E-state index contributed by atoms with van der Waals surface area (Å²) in [7, 11) is 0. The molecule has 0 atom stereocenters. The van der Waals surface area contributed by atoms with Gasteiger partial charge in [0.25, 0.3) is 0 Å². The van der Waals surface area contributed by atoms with Gasteiger partial charge in [-0.25, -0.2) is 12.2 Å². The summed E-state index contributed by atoms with van der Waals surface area (Å²) in [6.45, 7) is 0. The maximum atomic E-state index is 2.99. The third kappa shape index (κ3) is 4.21. The van der Waals surface area contributed by atoms with Crippen LogP contribution in [0.25, 0.3) is 0 Å². The molecule has 1 heteroatoms. The van der Waals surface area contributed by atoms with Crippen molar-refractivity contribution in [3.05, 3.63) is 31.7 Å². The minimum Gasteiger partial charge on any atom is -1.00 e. The Kier molecular flexibility index (Phi) is 9.42. The third-order valence-electron chi connectivity index (χ3n) is 0.586. The summed E-state index contributed by atoms with van der Waals surface area (Å²) >= 11 is 0. The van der Waals surface area contributed by atoms with Crippen LogP contribution in [0.1, 0.15) is 7.85 Å². The molecule has 0 aliphatic heterocycles. The van der Waals surface area contributed by atoms with Crippen LogP contribution in [-0.2, 0) is 26.2 Å². The molecule has 0 amide bonds. The molecule has 0 aromatic carbocycles. The van der Waals surface area contributed by atoms with Gasteiger partial charge >= 0.3 is 26.2 Å². The number of allylic oxidation sites excluding steroid dienone is 4. The van der Waals surface area contributed by atoms with Crippen LogP contribution < -0.4 is 0 Å². The van der Waals surface area contributed by atoms with E-state index in [4.69, 9.17) is 0 Å². The van der Waals surface area contributed by atoms with Gasteiger partial charge in [-0.3, -0.25) is 6.08 Å². The van der Waals surface area contributed by atoms with E-state index in [0.29, 0.717) is 0 Å². The molecule has 0 unspecified atom stereocenters. The second kappa shape index (κ2) is 6.36. The van der Waals surface area contributed by atoms with Gasteiger partial charge in [0.15, 0.2) is 0 Å². The van der Waals surface area contributed by atoms with E-state index < -0.39 is 0 Å². The number of hydrogen-bond donors (Lipinski definition) is 0. The van der Waals surface area contributed by atoms with Crippen LogP contribution in [0.2, 0.25) is 0 Å². The average Bonchev–Trinajstić information content (AvgIpc) is 1.76. The van der Waals surface area contributed by atoms with Crippen molar-refractivity contribution in [1.82, 2.24) is 0 Å². The fraction of sp³-hybridized carbons (Fsp3) is 0.167. The summed E-state index contributed by atoms with van der Waals surface area (Å²) in [6, 6.07) is 0. The average molecular weight is 172 g/mol. The standard InChI is InChI=1S/C5H5.CH3.Zr.H/c1-2-4-5-3-1;;;/h1-3H,4H2;1H3;;/q2*-1;+2;-1. The van der Waals surface area contributed by atoms with Crippen molar-refractivity contribution < 1.29 is 27.6 Å². The molecule has 0 saturated heterocycles. The molecule has 1 rings (SSSR count). The largest absolute Gasteiger partial charge is 2.00 e. The van der Waals surface area contributed by atoms with Gasteiger partial charge in [0.2, 0.25) is 0 Å². The quantitative estimate of drug-likeness (QED) is 0.489. The van der Waals surface area contributed by atoms with E-state index in [9.17, 15) is 0 Å². The molecule has 0 aromatic rings. The van der Waals surface area contributed by atoms with Gasteiger partial charge in [0, 0.05) is 0 Å². The molecule has 0 radical (unpaired) electrons. The maximum absolute atomic E-state index is 2.99. The first kappa shape index (κ1) is 10.4. The van der Waals surface area contributed by atoms with Crippen LogP contribution in [0.4, 0.5) is 0 Å². The molecule has 0 bridgehead atoms. The van der Waals surface area contributed by atoms with Crippen molar-refractivity contribution in [3.63, 3.8) is 0 Å². The topological polar surface area (TPSA) is 0 Å². The zero-order chi connectivity index (χ0) is 3.54. The third-order valence-corrected chi connectivity index (χ3v) is 0.586. The van der Waals surface area contributed by atoms with Crippen LogP contribution >= 0.6 is 0 Å². The van der Waals surface area contributed by atoms with Gasteiger partial charge in [0.1, 0.15) is 0 Å². The van der Waals surface area contributed by atoms with Crippen LogP contribution in [0, 0.1) is 13.5 Å². The molecule has 0 aromatic heterocycles. The first-order chi connectivity index (χ1) is 2.50. The molecule has 1 aliphatic rings. The van der Waals surface area contributed by atoms with Crippen molar-refractivity contribution in [3.8, 4) is 0 Å². The first-order valence-corrected chi connectivity index (χ1v) is 1.72. The van der Waals surface area contributed by atoms with Gasteiger partial charge in [0.05, 0.1) is 0 Å². The number of rotatable bonds is 0. The molecular weight excluding hydrogens is 163 g/mol. The summed E-state index contributed by atoms with van der Waals surface area (Å²) in [5.41, 5.74) is 0. The number of hydrogen-bond acceptors (Lipinski definition) is 0. The summed E-state index contributed by atoms with van der Waals surface area (Å²) < 4.78 is 0. The normalized spacial score (nSPS) is 12.6. The fourth-order valence-corrected chi connectivity index (χ4v) is 0.340. The molecule has 1 aliphatic carbocycles. The van der Waals surface area contributed by atoms with Crippen LogP contribution in [-0.4, -0.2) is 0 Å². The maximum Gasteiger partial charge on any atom is 2.00 e. The van der Waals surface area contributed by atoms with Crippen LogP contribution in [0.3, 0.4) is 0 Å². The van der Waals surface area contributed by atoms with Gasteiger partial charge in [-0.05, 0) is 0 Å². The van der Waals surface area contributed by atoms with Crippen LogP contribution in [0.15, 0.2) is 18.2 Å². The Morgan fingerprint density at radius 2 is 2.29 bits per heavy atom. The minimum absolute atomic E-state index is 0. The predicted octanol–water partition coefficient (Wildman–Crippen LogP) is 1.87. The molecular formula is C6H9Zr-. The minimum atomic E-state index is 0. The van der Waals surface area contributed by atoms with Gasteiger partial charge in [-0.15, -0.1) is 6.42 Å². The van der Waals surface area contributed by atoms with E-state index in [2.05, 4.69) is 12.2 Å². The Hall–Kier alpha value is 0.363. The SMILES string of the molecule is [C-]1=CC=CC1.[CH3-].[H-].[Zr+2]. The van der Waals surface area contributed by atoms with Crippen molar-refractivity contribution in [2.75, 3.05) is 0 Å². The zero-order valence-corrected chi connectivity index (χ0v) is 6.90. The first-order valence-electron chi connectivity index (χ1n) is 1.72. The molecule has 38 valence electrons. The molecule has 0 nitrogen and oxygen atoms in total. The van der Waals surface area contributed by atoms with Gasteiger partial charge < -0.3 is 8.85 Å². The monoisotopic (exact) mass is 171 g/mol. The van der Waals surface area contributed by atoms with E-state index in [-0.39, 0.29) is 35.1 Å². The van der Waals surface area contributed by atoms with Crippen molar-refractivity contribution >= 4 is 0 Å². The summed E-state index contributed by atoms with van der Waals surface area (Å²) in [5.74, 6) is 0. The van der Waals surface area contributed by atoms with Gasteiger partial charge in [-0.2, -0.15) is 6.08 Å². The molecule has 0 spiro atoms. The Balaban J connectivity index is -0.0000000833. The zero-order valence-electron chi connectivity index (χ0n) is 5.44. The fourth-order valence-electron chi connectivity index (χ4n) is 0.340. The van der Waals surface area contributed by atoms with E-state index in [1.807, 2.05) is 12.2 Å².